The lowest BCUT2D eigenvalue weighted by Crippen LogP contribution is -2.04. The van der Waals surface area contributed by atoms with Crippen molar-refractivity contribution >= 4 is 29.0 Å². The van der Waals surface area contributed by atoms with E-state index in [1.54, 1.807) is 36.7 Å². The van der Waals surface area contributed by atoms with Crippen LogP contribution in [0.1, 0.15) is 15.9 Å². The number of ketones is 1. The maximum absolute atomic E-state index is 12.0. The topological polar surface area (TPSA) is 30.0 Å². The summed E-state index contributed by atoms with van der Waals surface area (Å²) in [6.45, 7) is 0. The molecule has 0 aliphatic carbocycles. The van der Waals surface area contributed by atoms with Crippen molar-refractivity contribution in [1.29, 1.82) is 0 Å². The van der Waals surface area contributed by atoms with E-state index in [2.05, 4.69) is 4.98 Å². The van der Waals surface area contributed by atoms with Crippen LogP contribution >= 0.6 is 23.2 Å². The standard InChI is InChI=1S/C13H9Cl2NO/c14-10-3-4-11(12(15)7-10)13(17)6-9-2-1-5-16-8-9/h1-5,7-8H,6H2. The molecule has 2 aromatic rings. The summed E-state index contributed by atoms with van der Waals surface area (Å²) in [5.74, 6) is -0.0420. The van der Waals surface area contributed by atoms with Crippen molar-refractivity contribution in [2.45, 2.75) is 6.42 Å². The van der Waals surface area contributed by atoms with Crippen molar-refractivity contribution in [3.63, 3.8) is 0 Å². The van der Waals surface area contributed by atoms with Gasteiger partial charge in [0.1, 0.15) is 0 Å². The highest BCUT2D eigenvalue weighted by atomic mass is 35.5. The van der Waals surface area contributed by atoms with Crippen LogP contribution in [0.2, 0.25) is 10.0 Å². The van der Waals surface area contributed by atoms with Crippen LogP contribution < -0.4 is 0 Å². The molecule has 1 aromatic heterocycles. The normalized spacial score (nSPS) is 10.2. The number of nitrogens with zero attached hydrogens (tertiary/aromatic N) is 1. The van der Waals surface area contributed by atoms with Crippen LogP contribution in [0.25, 0.3) is 0 Å². The minimum Gasteiger partial charge on any atom is -0.294 e. The smallest absolute Gasteiger partial charge is 0.168 e. The van der Waals surface area contributed by atoms with Crippen LogP contribution in [0.3, 0.4) is 0 Å². The van der Waals surface area contributed by atoms with Crippen molar-refractivity contribution < 1.29 is 4.79 Å². The van der Waals surface area contributed by atoms with Crippen molar-refractivity contribution in [1.82, 2.24) is 4.98 Å². The Hall–Kier alpha value is -1.38. The Labute approximate surface area is 109 Å². The fourth-order valence-corrected chi connectivity index (χ4v) is 2.01. The van der Waals surface area contributed by atoms with Crippen molar-refractivity contribution in [2.75, 3.05) is 0 Å². The molecule has 0 bridgehead atoms. The first kappa shape index (κ1) is 12.1. The Kier molecular flexibility index (Phi) is 3.77. The highest BCUT2D eigenvalue weighted by Gasteiger charge is 2.11. The molecule has 0 fully saturated rings. The van der Waals surface area contributed by atoms with E-state index in [9.17, 15) is 4.79 Å². The van der Waals surface area contributed by atoms with E-state index in [1.807, 2.05) is 6.07 Å². The minimum atomic E-state index is -0.0420. The van der Waals surface area contributed by atoms with E-state index < -0.39 is 0 Å². The lowest BCUT2D eigenvalue weighted by molar-refractivity contribution is 0.0993. The van der Waals surface area contributed by atoms with Gasteiger partial charge in [-0.05, 0) is 29.8 Å². The van der Waals surface area contributed by atoms with Gasteiger partial charge in [0.25, 0.3) is 0 Å². The number of carbonyl (C=O) groups excluding carboxylic acids is 1. The van der Waals surface area contributed by atoms with Crippen LogP contribution in [-0.2, 0) is 6.42 Å². The molecule has 0 amide bonds. The summed E-state index contributed by atoms with van der Waals surface area (Å²) in [6, 6.07) is 8.52. The molecule has 0 aliphatic heterocycles. The predicted octanol–water partition coefficient (Wildman–Crippen LogP) is 3.81. The molecule has 0 atom stereocenters. The van der Waals surface area contributed by atoms with E-state index >= 15 is 0 Å². The molecule has 2 rings (SSSR count). The number of Topliss-reactive ketones (excluding diaryl/α,β-unsaturated/α-hetero) is 1. The van der Waals surface area contributed by atoms with Crippen LogP contribution in [0.15, 0.2) is 42.7 Å². The Morgan fingerprint density at radius 2 is 2.06 bits per heavy atom. The molecular formula is C13H9Cl2NO. The molecule has 1 aromatic carbocycles. The SMILES string of the molecule is O=C(Cc1cccnc1)c1ccc(Cl)cc1Cl. The zero-order chi connectivity index (χ0) is 12.3. The number of aromatic nitrogens is 1. The first-order valence-electron chi connectivity index (χ1n) is 5.04. The van der Waals surface area contributed by atoms with Crippen LogP contribution in [0.4, 0.5) is 0 Å². The molecule has 0 radical (unpaired) electrons. The molecule has 17 heavy (non-hydrogen) atoms. The molecule has 0 saturated carbocycles. The largest absolute Gasteiger partial charge is 0.294 e. The second kappa shape index (κ2) is 5.30. The summed E-state index contributed by atoms with van der Waals surface area (Å²) in [6.07, 6.45) is 3.63. The Balaban J connectivity index is 2.21. The van der Waals surface area contributed by atoms with Gasteiger partial charge in [-0.15, -0.1) is 0 Å². The Morgan fingerprint density at radius 3 is 2.71 bits per heavy atom. The third kappa shape index (κ3) is 3.05. The van der Waals surface area contributed by atoms with Gasteiger partial charge in [0, 0.05) is 29.4 Å². The van der Waals surface area contributed by atoms with E-state index in [0.29, 0.717) is 15.6 Å². The third-order valence-corrected chi connectivity index (χ3v) is 2.87. The number of hydrogen-bond acceptors (Lipinski definition) is 2. The molecule has 4 heteroatoms. The average molecular weight is 266 g/mol. The number of rotatable bonds is 3. The van der Waals surface area contributed by atoms with Crippen molar-refractivity contribution in [2.24, 2.45) is 0 Å². The van der Waals surface area contributed by atoms with Gasteiger partial charge in [-0.2, -0.15) is 0 Å². The quantitative estimate of drug-likeness (QED) is 0.790. The van der Waals surface area contributed by atoms with Crippen molar-refractivity contribution in [3.8, 4) is 0 Å². The van der Waals surface area contributed by atoms with E-state index in [0.717, 1.165) is 5.56 Å². The van der Waals surface area contributed by atoms with Gasteiger partial charge in [0.2, 0.25) is 0 Å². The van der Waals surface area contributed by atoms with E-state index in [-0.39, 0.29) is 12.2 Å². The lowest BCUT2D eigenvalue weighted by Gasteiger charge is -2.03. The molecular weight excluding hydrogens is 257 g/mol. The van der Waals surface area contributed by atoms with Gasteiger partial charge in [-0.1, -0.05) is 29.3 Å². The van der Waals surface area contributed by atoms with Gasteiger partial charge >= 0.3 is 0 Å². The number of benzene rings is 1. The maximum atomic E-state index is 12.0. The fraction of sp³-hybridized carbons (Fsp3) is 0.0769. The predicted molar refractivity (Wildman–Crippen MR) is 68.7 cm³/mol. The van der Waals surface area contributed by atoms with E-state index in [1.165, 1.54) is 0 Å². The van der Waals surface area contributed by atoms with Crippen LogP contribution in [0.5, 0.6) is 0 Å². The monoisotopic (exact) mass is 265 g/mol. The summed E-state index contributed by atoms with van der Waals surface area (Å²) in [5, 5.41) is 0.902. The first-order valence-corrected chi connectivity index (χ1v) is 5.79. The van der Waals surface area contributed by atoms with Gasteiger partial charge < -0.3 is 0 Å². The molecule has 0 spiro atoms. The maximum Gasteiger partial charge on any atom is 0.168 e. The molecule has 1 heterocycles. The van der Waals surface area contributed by atoms with Crippen LogP contribution in [0, 0.1) is 0 Å². The summed E-state index contributed by atoms with van der Waals surface area (Å²) >= 11 is 11.7. The average Bonchev–Trinajstić information content (AvgIpc) is 2.30. The number of pyridine rings is 1. The number of carbonyl (C=O) groups is 1. The third-order valence-electron chi connectivity index (χ3n) is 2.32. The zero-order valence-electron chi connectivity index (χ0n) is 8.86. The number of hydrogen-bond donors (Lipinski definition) is 0. The highest BCUT2D eigenvalue weighted by Crippen LogP contribution is 2.22. The molecule has 86 valence electrons. The summed E-state index contributed by atoms with van der Waals surface area (Å²) in [4.78, 5) is 16.0. The van der Waals surface area contributed by atoms with Gasteiger partial charge in [-0.3, -0.25) is 9.78 Å². The molecule has 0 aliphatic rings. The first-order chi connectivity index (χ1) is 8.16. The van der Waals surface area contributed by atoms with Crippen molar-refractivity contribution in [3.05, 3.63) is 63.9 Å². The second-order valence-electron chi connectivity index (χ2n) is 3.59. The zero-order valence-corrected chi connectivity index (χ0v) is 10.4. The summed E-state index contributed by atoms with van der Waals surface area (Å²) < 4.78 is 0. The van der Waals surface area contributed by atoms with Gasteiger partial charge in [0.15, 0.2) is 5.78 Å². The van der Waals surface area contributed by atoms with Gasteiger partial charge in [-0.25, -0.2) is 0 Å². The molecule has 2 nitrogen and oxygen atoms in total. The van der Waals surface area contributed by atoms with Crippen LogP contribution in [-0.4, -0.2) is 10.8 Å². The summed E-state index contributed by atoms with van der Waals surface area (Å²) in [5.41, 5.74) is 1.35. The lowest BCUT2D eigenvalue weighted by atomic mass is 10.0. The molecule has 0 saturated heterocycles. The minimum absolute atomic E-state index is 0.0420. The Morgan fingerprint density at radius 1 is 1.24 bits per heavy atom. The summed E-state index contributed by atoms with van der Waals surface area (Å²) in [7, 11) is 0. The molecule has 0 unspecified atom stereocenters. The van der Waals surface area contributed by atoms with E-state index in [4.69, 9.17) is 23.2 Å². The molecule has 0 N–H and O–H groups in total. The fourth-order valence-electron chi connectivity index (χ4n) is 1.50. The highest BCUT2D eigenvalue weighted by molar-refractivity contribution is 6.36. The van der Waals surface area contributed by atoms with Gasteiger partial charge in [0.05, 0.1) is 5.02 Å². The second-order valence-corrected chi connectivity index (χ2v) is 4.43. The Bertz CT molecular complexity index is 540. The number of halogens is 2.